The van der Waals surface area contributed by atoms with Crippen LogP contribution in [0.5, 0.6) is 0 Å². The maximum absolute atomic E-state index is 5.50. The van der Waals surface area contributed by atoms with Gasteiger partial charge in [0, 0.05) is 12.5 Å². The number of aryl methyl sites for hydroxylation is 1. The summed E-state index contributed by atoms with van der Waals surface area (Å²) < 4.78 is 5.41. The van der Waals surface area contributed by atoms with Gasteiger partial charge in [0.2, 0.25) is 0 Å². The SMILES string of the molecule is Cc1nc2cc(-c3ccc(N)nn3)ccc2o1. The average molecular weight is 226 g/mol. The molecule has 0 aliphatic heterocycles. The highest BCUT2D eigenvalue weighted by molar-refractivity contribution is 5.79. The van der Waals surface area contributed by atoms with Crippen LogP contribution in [-0.2, 0) is 0 Å². The number of oxazole rings is 1. The predicted molar refractivity (Wildman–Crippen MR) is 64.2 cm³/mol. The zero-order chi connectivity index (χ0) is 11.8. The number of nitrogens with two attached hydrogens (primary N) is 1. The molecule has 0 aliphatic carbocycles. The average Bonchev–Trinajstić information content (AvgIpc) is 2.69. The van der Waals surface area contributed by atoms with E-state index in [9.17, 15) is 0 Å². The second kappa shape index (κ2) is 3.55. The molecule has 0 amide bonds. The molecule has 0 bridgehead atoms. The van der Waals surface area contributed by atoms with Crippen LogP contribution in [-0.4, -0.2) is 15.2 Å². The standard InChI is InChI=1S/C12H10N4O/c1-7-14-10-6-8(2-4-11(10)17-7)9-3-5-12(13)16-15-9/h2-6H,1H3,(H2,13,16). The lowest BCUT2D eigenvalue weighted by atomic mass is 10.1. The number of fused-ring (bicyclic) bond motifs is 1. The molecule has 0 unspecified atom stereocenters. The minimum atomic E-state index is 0.409. The number of aromatic nitrogens is 3. The molecule has 3 aromatic rings. The lowest BCUT2D eigenvalue weighted by Crippen LogP contribution is -1.93. The van der Waals surface area contributed by atoms with Gasteiger partial charge in [-0.3, -0.25) is 0 Å². The van der Waals surface area contributed by atoms with Gasteiger partial charge >= 0.3 is 0 Å². The van der Waals surface area contributed by atoms with Gasteiger partial charge in [-0.1, -0.05) is 0 Å². The molecule has 2 heterocycles. The largest absolute Gasteiger partial charge is 0.441 e. The number of nitrogens with zero attached hydrogens (tertiary/aromatic N) is 3. The van der Waals surface area contributed by atoms with Crippen LogP contribution < -0.4 is 5.73 Å². The molecule has 0 aliphatic rings. The van der Waals surface area contributed by atoms with E-state index in [1.807, 2.05) is 31.2 Å². The molecule has 0 saturated heterocycles. The van der Waals surface area contributed by atoms with Crippen molar-refractivity contribution >= 4 is 16.9 Å². The Hall–Kier alpha value is -2.43. The molecule has 0 spiro atoms. The highest BCUT2D eigenvalue weighted by Crippen LogP contribution is 2.23. The molecular formula is C12H10N4O. The second-order valence-electron chi connectivity index (χ2n) is 3.76. The first-order chi connectivity index (χ1) is 8.22. The van der Waals surface area contributed by atoms with Crippen molar-refractivity contribution in [3.63, 3.8) is 0 Å². The van der Waals surface area contributed by atoms with E-state index in [1.165, 1.54) is 0 Å². The molecule has 2 N–H and O–H groups in total. The third kappa shape index (κ3) is 1.71. The van der Waals surface area contributed by atoms with Gasteiger partial charge in [-0.2, -0.15) is 0 Å². The highest BCUT2D eigenvalue weighted by Gasteiger charge is 2.05. The highest BCUT2D eigenvalue weighted by atomic mass is 16.3. The topological polar surface area (TPSA) is 77.8 Å². The van der Waals surface area contributed by atoms with E-state index in [0.29, 0.717) is 11.7 Å². The van der Waals surface area contributed by atoms with Crippen molar-refractivity contribution in [1.82, 2.24) is 15.2 Å². The zero-order valence-electron chi connectivity index (χ0n) is 9.21. The summed E-state index contributed by atoms with van der Waals surface area (Å²) in [6, 6.07) is 9.28. The number of anilines is 1. The lowest BCUT2D eigenvalue weighted by Gasteiger charge is -1.99. The summed E-state index contributed by atoms with van der Waals surface area (Å²) in [5.74, 6) is 1.06. The summed E-state index contributed by atoms with van der Waals surface area (Å²) in [4.78, 5) is 4.28. The van der Waals surface area contributed by atoms with Crippen LogP contribution in [0.3, 0.4) is 0 Å². The Balaban J connectivity index is 2.13. The Morgan fingerprint density at radius 3 is 2.76 bits per heavy atom. The van der Waals surface area contributed by atoms with Gasteiger partial charge in [0.1, 0.15) is 11.3 Å². The molecule has 0 atom stereocenters. The predicted octanol–water partition coefficient (Wildman–Crippen LogP) is 2.18. The number of nitrogen functional groups attached to an aromatic ring is 1. The fourth-order valence-electron chi connectivity index (χ4n) is 1.70. The summed E-state index contributed by atoms with van der Waals surface area (Å²) in [6.45, 7) is 1.82. The Morgan fingerprint density at radius 2 is 2.00 bits per heavy atom. The van der Waals surface area contributed by atoms with Gasteiger partial charge in [0.05, 0.1) is 5.69 Å². The fraction of sp³-hybridized carbons (Fsp3) is 0.0833. The Kier molecular flexibility index (Phi) is 2.04. The van der Waals surface area contributed by atoms with Gasteiger partial charge in [0.25, 0.3) is 0 Å². The maximum Gasteiger partial charge on any atom is 0.192 e. The number of rotatable bonds is 1. The quantitative estimate of drug-likeness (QED) is 0.688. The van der Waals surface area contributed by atoms with E-state index in [1.54, 1.807) is 6.07 Å². The van der Waals surface area contributed by atoms with Gasteiger partial charge in [-0.15, -0.1) is 10.2 Å². The summed E-state index contributed by atoms with van der Waals surface area (Å²) in [6.07, 6.45) is 0. The fourth-order valence-corrected chi connectivity index (χ4v) is 1.70. The van der Waals surface area contributed by atoms with Gasteiger partial charge in [0.15, 0.2) is 11.5 Å². The molecular weight excluding hydrogens is 216 g/mol. The first-order valence-electron chi connectivity index (χ1n) is 5.19. The van der Waals surface area contributed by atoms with Crippen molar-refractivity contribution < 1.29 is 4.42 Å². The Labute approximate surface area is 97.3 Å². The van der Waals surface area contributed by atoms with Gasteiger partial charge < -0.3 is 10.2 Å². The molecule has 0 saturated carbocycles. The van der Waals surface area contributed by atoms with Gasteiger partial charge in [-0.05, 0) is 30.3 Å². The minimum absolute atomic E-state index is 0.409. The second-order valence-corrected chi connectivity index (χ2v) is 3.76. The smallest absolute Gasteiger partial charge is 0.192 e. The molecule has 0 fully saturated rings. The molecule has 5 nitrogen and oxygen atoms in total. The van der Waals surface area contributed by atoms with Crippen LogP contribution in [0.25, 0.3) is 22.4 Å². The molecule has 0 radical (unpaired) electrons. The summed E-state index contributed by atoms with van der Waals surface area (Å²) in [5, 5.41) is 7.85. The van der Waals surface area contributed by atoms with Crippen molar-refractivity contribution in [2.24, 2.45) is 0 Å². The van der Waals surface area contributed by atoms with E-state index in [0.717, 1.165) is 22.4 Å². The molecule has 1 aromatic carbocycles. The zero-order valence-corrected chi connectivity index (χ0v) is 9.21. The van der Waals surface area contributed by atoms with E-state index in [2.05, 4.69) is 15.2 Å². The van der Waals surface area contributed by atoms with Crippen LogP contribution in [0.1, 0.15) is 5.89 Å². The van der Waals surface area contributed by atoms with Crippen molar-refractivity contribution in [3.8, 4) is 11.3 Å². The molecule has 5 heteroatoms. The van der Waals surface area contributed by atoms with Gasteiger partial charge in [-0.25, -0.2) is 4.98 Å². The summed E-state index contributed by atoms with van der Waals surface area (Å²) in [5.41, 5.74) is 8.80. The number of hydrogen-bond acceptors (Lipinski definition) is 5. The van der Waals surface area contributed by atoms with Crippen molar-refractivity contribution in [3.05, 3.63) is 36.2 Å². The third-order valence-corrected chi connectivity index (χ3v) is 2.48. The van der Waals surface area contributed by atoms with Crippen LogP contribution in [0, 0.1) is 6.92 Å². The first-order valence-corrected chi connectivity index (χ1v) is 5.19. The van der Waals surface area contributed by atoms with Crippen molar-refractivity contribution in [1.29, 1.82) is 0 Å². The molecule has 3 rings (SSSR count). The minimum Gasteiger partial charge on any atom is -0.441 e. The third-order valence-electron chi connectivity index (χ3n) is 2.48. The number of hydrogen-bond donors (Lipinski definition) is 1. The van der Waals surface area contributed by atoms with Crippen LogP contribution >= 0.6 is 0 Å². The van der Waals surface area contributed by atoms with E-state index in [4.69, 9.17) is 10.2 Å². The Morgan fingerprint density at radius 1 is 1.12 bits per heavy atom. The lowest BCUT2D eigenvalue weighted by molar-refractivity contribution is 0.561. The number of benzene rings is 1. The molecule has 2 aromatic heterocycles. The monoisotopic (exact) mass is 226 g/mol. The van der Waals surface area contributed by atoms with Crippen LogP contribution in [0.4, 0.5) is 5.82 Å². The van der Waals surface area contributed by atoms with Crippen LogP contribution in [0.2, 0.25) is 0 Å². The van der Waals surface area contributed by atoms with Crippen molar-refractivity contribution in [2.75, 3.05) is 5.73 Å². The molecule has 17 heavy (non-hydrogen) atoms. The van der Waals surface area contributed by atoms with E-state index in [-0.39, 0.29) is 0 Å². The van der Waals surface area contributed by atoms with Crippen molar-refractivity contribution in [2.45, 2.75) is 6.92 Å². The van der Waals surface area contributed by atoms with Crippen LogP contribution in [0.15, 0.2) is 34.7 Å². The maximum atomic E-state index is 5.50. The summed E-state index contributed by atoms with van der Waals surface area (Å²) >= 11 is 0. The normalized spacial score (nSPS) is 10.9. The Bertz CT molecular complexity index is 673. The molecule has 84 valence electrons. The first kappa shape index (κ1) is 9.77. The van der Waals surface area contributed by atoms with E-state index >= 15 is 0 Å². The van der Waals surface area contributed by atoms with E-state index < -0.39 is 0 Å². The summed E-state index contributed by atoms with van der Waals surface area (Å²) in [7, 11) is 0.